The maximum atomic E-state index is 11.1. The summed E-state index contributed by atoms with van der Waals surface area (Å²) in [5, 5.41) is 14.1. The Bertz CT molecular complexity index is 225. The maximum Gasteiger partial charge on any atom is 0.322 e. The fourth-order valence-corrected chi connectivity index (χ4v) is 1.44. The lowest BCUT2D eigenvalue weighted by molar-refractivity contribution is -0.143. The van der Waals surface area contributed by atoms with E-state index in [-0.39, 0.29) is 18.1 Å². The summed E-state index contributed by atoms with van der Waals surface area (Å²) in [5.41, 5.74) is 2.53. The molecule has 72 valence electrons. The number of esters is 1. The smallest absolute Gasteiger partial charge is 0.322 e. The van der Waals surface area contributed by atoms with Crippen LogP contribution in [0.3, 0.4) is 0 Å². The molecule has 0 saturated carbocycles. The Morgan fingerprint density at radius 1 is 1.77 bits per heavy atom. The number of hydrogen-bond donors (Lipinski definition) is 2. The Morgan fingerprint density at radius 3 is 3.15 bits per heavy atom. The Kier molecular flexibility index (Phi) is 3.46. The third-order valence-corrected chi connectivity index (χ3v) is 2.13. The summed E-state index contributed by atoms with van der Waals surface area (Å²) in [7, 11) is 1.36. The van der Waals surface area contributed by atoms with Crippen LogP contribution in [0.15, 0.2) is 0 Å². The molecule has 2 atom stereocenters. The van der Waals surface area contributed by atoms with E-state index in [9.17, 15) is 4.79 Å². The van der Waals surface area contributed by atoms with Crippen LogP contribution in [-0.4, -0.2) is 31.7 Å². The van der Waals surface area contributed by atoms with Gasteiger partial charge in [0.25, 0.3) is 5.39 Å². The van der Waals surface area contributed by atoms with Crippen LogP contribution in [0, 0.1) is 5.39 Å². The second-order valence-electron chi connectivity index (χ2n) is 2.98. The highest BCUT2D eigenvalue weighted by molar-refractivity contribution is 5.75. The van der Waals surface area contributed by atoms with Gasteiger partial charge in [0.1, 0.15) is 12.1 Å². The number of methoxy groups -OCH3 is 1. The molecule has 1 aliphatic heterocycles. The summed E-state index contributed by atoms with van der Waals surface area (Å²) < 4.78 is 4.59. The lowest BCUT2D eigenvalue weighted by Crippen LogP contribution is -2.48. The highest BCUT2D eigenvalue weighted by Crippen LogP contribution is 2.09. The van der Waals surface area contributed by atoms with Crippen LogP contribution < -0.4 is 10.7 Å². The van der Waals surface area contributed by atoms with Gasteiger partial charge >= 0.3 is 11.1 Å². The zero-order valence-electron chi connectivity index (χ0n) is 7.49. The van der Waals surface area contributed by atoms with Gasteiger partial charge in [-0.3, -0.25) is 4.79 Å². The third kappa shape index (κ3) is 2.56. The molecule has 0 amide bonds. The Hall–Kier alpha value is -1.35. The van der Waals surface area contributed by atoms with Gasteiger partial charge in [-0.25, -0.2) is 0 Å². The van der Waals surface area contributed by atoms with Crippen LogP contribution >= 0.6 is 0 Å². The number of nitrogens with one attached hydrogen (secondary N) is 2. The van der Waals surface area contributed by atoms with Gasteiger partial charge in [0.05, 0.1) is 7.11 Å². The molecule has 1 aliphatic rings. The normalized spacial score (nSPS) is 27.4. The molecule has 0 aromatic rings. The first kappa shape index (κ1) is 9.74. The molecule has 2 unspecified atom stereocenters. The van der Waals surface area contributed by atoms with Crippen molar-refractivity contribution in [1.82, 2.24) is 10.7 Å². The SMILES string of the molecule is COC(=O)C1CC(N[N+]#N)CCN1. The van der Waals surface area contributed by atoms with Crippen LogP contribution in [0.4, 0.5) is 0 Å². The fraction of sp³-hybridized carbons (Fsp3) is 0.857. The summed E-state index contributed by atoms with van der Waals surface area (Å²) in [6, 6.07) is -0.256. The van der Waals surface area contributed by atoms with Gasteiger partial charge in [0.15, 0.2) is 0 Å². The van der Waals surface area contributed by atoms with Crippen LogP contribution in [0.1, 0.15) is 12.8 Å². The standard InChI is InChI=1S/C7H13N4O2/c1-13-7(12)6-4-5(10-11-8)2-3-9-6/h5-6,9-10H,2-4H2,1H3/q+1. The van der Waals surface area contributed by atoms with Crippen molar-refractivity contribution in [1.29, 1.82) is 5.39 Å². The van der Waals surface area contributed by atoms with Crippen molar-refractivity contribution in [3.05, 3.63) is 5.08 Å². The van der Waals surface area contributed by atoms with Gasteiger partial charge in [0.2, 0.25) is 0 Å². The number of carbonyl (C=O) groups is 1. The fourth-order valence-electron chi connectivity index (χ4n) is 1.44. The number of ether oxygens (including phenoxy) is 1. The molecule has 0 aliphatic carbocycles. The van der Waals surface area contributed by atoms with Crippen molar-refractivity contribution >= 4 is 5.97 Å². The van der Waals surface area contributed by atoms with Gasteiger partial charge in [-0.2, -0.15) is 0 Å². The molecular weight excluding hydrogens is 172 g/mol. The molecule has 0 bridgehead atoms. The number of diazo groups is 1. The van der Waals surface area contributed by atoms with Crippen molar-refractivity contribution in [3.8, 4) is 0 Å². The number of nitrogens with zero attached hydrogens (tertiary/aromatic N) is 2. The zero-order chi connectivity index (χ0) is 9.68. The van der Waals surface area contributed by atoms with Gasteiger partial charge in [0, 0.05) is 6.42 Å². The number of carbonyl (C=O) groups excluding carboxylic acids is 1. The number of piperidine rings is 1. The van der Waals surface area contributed by atoms with Crippen molar-refractivity contribution in [2.75, 3.05) is 13.7 Å². The highest BCUT2D eigenvalue weighted by atomic mass is 16.5. The molecule has 6 nitrogen and oxygen atoms in total. The van der Waals surface area contributed by atoms with E-state index in [1.165, 1.54) is 7.11 Å². The third-order valence-electron chi connectivity index (χ3n) is 2.13. The van der Waals surface area contributed by atoms with Gasteiger partial charge in [-0.05, 0) is 18.4 Å². The second kappa shape index (κ2) is 4.62. The zero-order valence-corrected chi connectivity index (χ0v) is 7.49. The highest BCUT2D eigenvalue weighted by Gasteiger charge is 2.29. The minimum Gasteiger partial charge on any atom is -0.468 e. The number of rotatable bonds is 2. The van der Waals surface area contributed by atoms with Crippen molar-refractivity contribution in [3.63, 3.8) is 0 Å². The molecule has 0 radical (unpaired) electrons. The van der Waals surface area contributed by atoms with E-state index in [4.69, 9.17) is 5.39 Å². The summed E-state index contributed by atoms with van der Waals surface area (Å²) >= 11 is 0. The largest absolute Gasteiger partial charge is 0.468 e. The van der Waals surface area contributed by atoms with Crippen LogP contribution in [0.5, 0.6) is 0 Å². The Labute approximate surface area is 76.2 Å². The molecule has 6 heteroatoms. The van der Waals surface area contributed by atoms with Crippen LogP contribution in [0.25, 0.3) is 5.08 Å². The maximum absolute atomic E-state index is 11.1. The van der Waals surface area contributed by atoms with Gasteiger partial charge in [-0.1, -0.05) is 0 Å². The molecule has 1 heterocycles. The topological polar surface area (TPSA) is 78.5 Å². The minimum atomic E-state index is -0.294. The first-order valence-corrected chi connectivity index (χ1v) is 4.18. The van der Waals surface area contributed by atoms with E-state index >= 15 is 0 Å². The van der Waals surface area contributed by atoms with E-state index in [0.29, 0.717) is 13.0 Å². The van der Waals surface area contributed by atoms with E-state index < -0.39 is 0 Å². The molecule has 1 fully saturated rings. The summed E-state index contributed by atoms with van der Waals surface area (Å²) in [5.74, 6) is -0.274. The second-order valence-corrected chi connectivity index (χ2v) is 2.98. The molecular formula is C7H13N4O2+. The van der Waals surface area contributed by atoms with Crippen LogP contribution in [0.2, 0.25) is 0 Å². The first-order valence-electron chi connectivity index (χ1n) is 4.18. The first-order chi connectivity index (χ1) is 6.27. The Morgan fingerprint density at radius 2 is 2.54 bits per heavy atom. The monoisotopic (exact) mass is 185 g/mol. The number of hydrogen-bond acceptors (Lipinski definition) is 5. The van der Waals surface area contributed by atoms with E-state index in [2.05, 4.69) is 20.6 Å². The van der Waals surface area contributed by atoms with E-state index in [1.54, 1.807) is 0 Å². The average molecular weight is 185 g/mol. The lowest BCUT2D eigenvalue weighted by Gasteiger charge is -2.24. The molecule has 13 heavy (non-hydrogen) atoms. The van der Waals surface area contributed by atoms with Crippen molar-refractivity contribution in [2.24, 2.45) is 0 Å². The van der Waals surface area contributed by atoms with Gasteiger partial charge < -0.3 is 10.1 Å². The summed E-state index contributed by atoms with van der Waals surface area (Å²) in [4.78, 5) is 11.1. The van der Waals surface area contributed by atoms with Crippen molar-refractivity contribution < 1.29 is 9.53 Å². The predicted molar refractivity (Wildman–Crippen MR) is 45.0 cm³/mol. The predicted octanol–water partition coefficient (Wildman–Crippen LogP) is -0.362. The molecule has 0 aromatic heterocycles. The average Bonchev–Trinajstić information content (AvgIpc) is 2.18. The molecule has 0 aromatic carbocycles. The summed E-state index contributed by atoms with van der Waals surface area (Å²) in [6.45, 7) is 0.715. The molecule has 0 spiro atoms. The lowest BCUT2D eigenvalue weighted by atomic mass is 10.0. The minimum absolute atomic E-state index is 0.0374. The Balaban J connectivity index is 2.42. The van der Waals surface area contributed by atoms with Gasteiger partial charge in [-0.15, -0.1) is 0 Å². The van der Waals surface area contributed by atoms with E-state index in [1.807, 2.05) is 0 Å². The molecule has 2 N–H and O–H groups in total. The molecule has 1 rings (SSSR count). The quantitative estimate of drug-likeness (QED) is 0.349. The van der Waals surface area contributed by atoms with Crippen LogP contribution in [-0.2, 0) is 9.53 Å². The van der Waals surface area contributed by atoms with Crippen molar-refractivity contribution in [2.45, 2.75) is 24.9 Å². The molecule has 1 saturated heterocycles. The van der Waals surface area contributed by atoms with E-state index in [0.717, 1.165) is 6.42 Å². The summed E-state index contributed by atoms with van der Waals surface area (Å²) in [6.07, 6.45) is 1.41.